The molecule has 1 fully saturated rings. The first-order valence-corrected chi connectivity index (χ1v) is 9.34. The van der Waals surface area contributed by atoms with Crippen LogP contribution in [0.2, 0.25) is 0 Å². The molecule has 1 aliphatic rings. The second kappa shape index (κ2) is 8.29. The molecule has 1 aliphatic heterocycles. The Hall–Kier alpha value is -2.79. The number of nitrogen functional groups attached to an aromatic ring is 1. The fourth-order valence-corrected chi connectivity index (χ4v) is 2.94. The normalized spacial score (nSPS) is 24.4. The van der Waals surface area contributed by atoms with Crippen molar-refractivity contribution in [1.29, 1.82) is 0 Å². The zero-order valence-electron chi connectivity index (χ0n) is 16.7. The second-order valence-electron chi connectivity index (χ2n) is 7.44. The summed E-state index contributed by atoms with van der Waals surface area (Å²) in [6, 6.07) is 0. The van der Waals surface area contributed by atoms with Crippen LogP contribution in [0.1, 0.15) is 33.9 Å². The quantitative estimate of drug-likeness (QED) is 0.645. The topological polar surface area (TPSA) is 152 Å². The van der Waals surface area contributed by atoms with Gasteiger partial charge in [0.1, 0.15) is 17.9 Å². The van der Waals surface area contributed by atoms with Crippen LogP contribution in [0.3, 0.4) is 0 Å². The molecule has 0 spiro atoms. The Morgan fingerprint density at radius 2 is 1.76 bits per heavy atom. The largest absolute Gasteiger partial charge is 0.455 e. The molecule has 0 amide bonds. The number of hydrogen-bond donors (Lipinski definition) is 2. The number of aliphatic hydroxyl groups excluding tert-OH is 1. The van der Waals surface area contributed by atoms with Gasteiger partial charge in [-0.1, -0.05) is 27.7 Å². The van der Waals surface area contributed by atoms with Gasteiger partial charge in [-0.2, -0.15) is 0 Å². The van der Waals surface area contributed by atoms with Gasteiger partial charge in [0, 0.05) is 0 Å². The lowest BCUT2D eigenvalue weighted by Crippen LogP contribution is -2.42. The summed E-state index contributed by atoms with van der Waals surface area (Å²) >= 11 is 0. The predicted molar refractivity (Wildman–Crippen MR) is 100 cm³/mol. The highest BCUT2D eigenvalue weighted by Crippen LogP contribution is 2.36. The molecule has 0 unspecified atom stereocenters. The van der Waals surface area contributed by atoms with E-state index in [0.29, 0.717) is 11.2 Å². The zero-order chi connectivity index (χ0) is 21.3. The van der Waals surface area contributed by atoms with Gasteiger partial charge in [-0.3, -0.25) is 14.2 Å². The van der Waals surface area contributed by atoms with Gasteiger partial charge in [0.2, 0.25) is 0 Å². The van der Waals surface area contributed by atoms with Crippen LogP contribution in [0.5, 0.6) is 0 Å². The number of nitrogens with zero attached hydrogens (tertiary/aromatic N) is 4. The van der Waals surface area contributed by atoms with E-state index in [0.717, 1.165) is 0 Å². The van der Waals surface area contributed by atoms with Crippen molar-refractivity contribution in [3.05, 3.63) is 12.7 Å². The molecule has 3 N–H and O–H groups in total. The molecule has 3 rings (SSSR count). The number of esters is 2. The number of aliphatic hydroxyl groups is 1. The average molecular weight is 407 g/mol. The standard InChI is InChI=1S/C18H25N5O6/c1-8(2)17(25)28-12-10(5-24)27-16(13(12)29-18(26)9(3)4)23-7-22-11-14(19)20-6-21-15(11)23/h6-10,12-13,16,24H,5H2,1-4H3,(H2,19,20,21)/t10-,12-,13+,16-/m1/s1. The third kappa shape index (κ3) is 4.01. The maximum atomic E-state index is 12.3. The van der Waals surface area contributed by atoms with Crippen molar-refractivity contribution in [2.75, 3.05) is 12.3 Å². The number of imidazole rings is 1. The lowest BCUT2D eigenvalue weighted by atomic mass is 10.1. The second-order valence-corrected chi connectivity index (χ2v) is 7.44. The van der Waals surface area contributed by atoms with Gasteiger partial charge in [-0.05, 0) is 0 Å². The SMILES string of the molecule is CC(C)C(=O)O[C@H]1[C@H](OC(=O)C(C)C)[C@@H](CO)O[C@H]1n1cnc2c(N)ncnc21. The van der Waals surface area contributed by atoms with Crippen molar-refractivity contribution < 1.29 is 28.9 Å². The summed E-state index contributed by atoms with van der Waals surface area (Å²) in [6.07, 6.45) is -1.14. The minimum absolute atomic E-state index is 0.184. The molecule has 0 radical (unpaired) electrons. The van der Waals surface area contributed by atoms with Crippen molar-refractivity contribution >= 4 is 28.9 Å². The molecule has 3 heterocycles. The van der Waals surface area contributed by atoms with Crippen LogP contribution >= 0.6 is 0 Å². The maximum Gasteiger partial charge on any atom is 0.308 e. The number of nitrogens with two attached hydrogens (primary N) is 1. The number of carbonyl (C=O) groups excluding carboxylic acids is 2. The first-order chi connectivity index (χ1) is 13.7. The molecular formula is C18H25N5O6. The number of ether oxygens (including phenoxy) is 3. The number of carbonyl (C=O) groups is 2. The molecule has 0 aromatic carbocycles. The van der Waals surface area contributed by atoms with Gasteiger partial charge in [0.05, 0.1) is 24.8 Å². The van der Waals surface area contributed by atoms with Crippen molar-refractivity contribution in [3.63, 3.8) is 0 Å². The molecule has 11 heteroatoms. The van der Waals surface area contributed by atoms with Gasteiger partial charge in [-0.15, -0.1) is 0 Å². The minimum atomic E-state index is -1.02. The minimum Gasteiger partial charge on any atom is -0.455 e. The summed E-state index contributed by atoms with van der Waals surface area (Å²) in [5.41, 5.74) is 6.56. The van der Waals surface area contributed by atoms with Crippen molar-refractivity contribution in [2.45, 2.75) is 52.2 Å². The highest BCUT2D eigenvalue weighted by Gasteiger charge is 2.51. The van der Waals surface area contributed by atoms with Crippen LogP contribution in [0, 0.1) is 11.8 Å². The molecular weight excluding hydrogens is 382 g/mol. The van der Waals surface area contributed by atoms with Gasteiger partial charge in [0.25, 0.3) is 0 Å². The first-order valence-electron chi connectivity index (χ1n) is 9.34. The smallest absolute Gasteiger partial charge is 0.308 e. The summed E-state index contributed by atoms with van der Waals surface area (Å²) in [6.45, 7) is 6.30. The van der Waals surface area contributed by atoms with E-state index in [2.05, 4.69) is 15.0 Å². The monoisotopic (exact) mass is 407 g/mol. The molecule has 0 aliphatic carbocycles. The van der Waals surface area contributed by atoms with E-state index in [4.69, 9.17) is 19.9 Å². The highest BCUT2D eigenvalue weighted by molar-refractivity contribution is 5.81. The third-order valence-electron chi connectivity index (χ3n) is 4.57. The number of anilines is 1. The Morgan fingerprint density at radius 1 is 1.14 bits per heavy atom. The average Bonchev–Trinajstić information content (AvgIpc) is 3.24. The first kappa shape index (κ1) is 20.9. The van der Waals surface area contributed by atoms with Crippen LogP contribution < -0.4 is 5.73 Å². The summed E-state index contributed by atoms with van der Waals surface area (Å²) in [4.78, 5) is 36.8. The van der Waals surface area contributed by atoms with Gasteiger partial charge < -0.3 is 25.1 Å². The number of rotatable bonds is 6. The van der Waals surface area contributed by atoms with Gasteiger partial charge in [0.15, 0.2) is 29.9 Å². The van der Waals surface area contributed by atoms with E-state index in [-0.39, 0.29) is 5.82 Å². The van der Waals surface area contributed by atoms with Crippen LogP contribution in [-0.2, 0) is 23.8 Å². The van der Waals surface area contributed by atoms with Gasteiger partial charge in [-0.25, -0.2) is 15.0 Å². The van der Waals surface area contributed by atoms with E-state index < -0.39 is 54.9 Å². The van der Waals surface area contributed by atoms with Gasteiger partial charge >= 0.3 is 11.9 Å². The molecule has 11 nitrogen and oxygen atoms in total. The van der Waals surface area contributed by atoms with Crippen LogP contribution in [0.15, 0.2) is 12.7 Å². The summed E-state index contributed by atoms with van der Waals surface area (Å²) in [7, 11) is 0. The summed E-state index contributed by atoms with van der Waals surface area (Å²) < 4.78 is 18.6. The molecule has 2 aromatic heterocycles. The van der Waals surface area contributed by atoms with Crippen molar-refractivity contribution in [3.8, 4) is 0 Å². The molecule has 1 saturated heterocycles. The molecule has 0 bridgehead atoms. The van der Waals surface area contributed by atoms with Crippen LogP contribution in [0.25, 0.3) is 11.2 Å². The summed E-state index contributed by atoms with van der Waals surface area (Å²) in [5.74, 6) is -1.63. The van der Waals surface area contributed by atoms with Crippen LogP contribution in [0.4, 0.5) is 5.82 Å². The van der Waals surface area contributed by atoms with Crippen molar-refractivity contribution in [1.82, 2.24) is 19.5 Å². The van der Waals surface area contributed by atoms with E-state index in [1.165, 1.54) is 17.2 Å². The lowest BCUT2D eigenvalue weighted by molar-refractivity contribution is -0.172. The van der Waals surface area contributed by atoms with E-state index in [1.54, 1.807) is 27.7 Å². The van der Waals surface area contributed by atoms with E-state index in [1.807, 2.05) is 0 Å². The number of hydrogen-bond acceptors (Lipinski definition) is 10. The Kier molecular flexibility index (Phi) is 5.99. The highest BCUT2D eigenvalue weighted by atomic mass is 16.6. The van der Waals surface area contributed by atoms with Crippen LogP contribution in [-0.4, -0.2) is 61.5 Å². The molecule has 2 aromatic rings. The number of aromatic nitrogens is 4. The molecule has 29 heavy (non-hydrogen) atoms. The van der Waals surface area contributed by atoms with Crippen molar-refractivity contribution in [2.24, 2.45) is 11.8 Å². The Labute approximate surface area is 167 Å². The maximum absolute atomic E-state index is 12.3. The third-order valence-corrected chi connectivity index (χ3v) is 4.57. The molecule has 158 valence electrons. The fourth-order valence-electron chi connectivity index (χ4n) is 2.94. The number of fused-ring (bicyclic) bond motifs is 1. The predicted octanol–water partition coefficient (Wildman–Crippen LogP) is 0.434. The zero-order valence-corrected chi connectivity index (χ0v) is 16.7. The molecule has 0 saturated carbocycles. The fraction of sp³-hybridized carbons (Fsp3) is 0.611. The Morgan fingerprint density at radius 3 is 2.34 bits per heavy atom. The lowest BCUT2D eigenvalue weighted by Gasteiger charge is -2.25. The Bertz CT molecular complexity index is 898. The molecule has 4 atom stereocenters. The van der Waals surface area contributed by atoms with E-state index in [9.17, 15) is 14.7 Å². The Balaban J connectivity index is 2.02. The summed E-state index contributed by atoms with van der Waals surface area (Å²) in [5, 5.41) is 9.79. The van der Waals surface area contributed by atoms with E-state index >= 15 is 0 Å².